The number of sulfonamides is 1. The van der Waals surface area contributed by atoms with E-state index in [1.165, 1.54) is 30.3 Å². The second-order valence-electron chi connectivity index (χ2n) is 8.05. The fourth-order valence-electron chi connectivity index (χ4n) is 4.07. The van der Waals surface area contributed by atoms with Crippen LogP contribution in [0.2, 0.25) is 0 Å². The maximum atomic E-state index is 14.1. The van der Waals surface area contributed by atoms with Crippen LogP contribution < -0.4 is 14.4 Å². The van der Waals surface area contributed by atoms with Crippen LogP contribution in [0.3, 0.4) is 0 Å². The Bertz CT molecular complexity index is 1290. The van der Waals surface area contributed by atoms with Crippen molar-refractivity contribution in [2.24, 2.45) is 0 Å². The molecule has 5 rings (SSSR count). The molecule has 0 spiro atoms. The van der Waals surface area contributed by atoms with Crippen LogP contribution in [0.25, 0.3) is 0 Å². The quantitative estimate of drug-likeness (QED) is 0.603. The van der Waals surface area contributed by atoms with Gasteiger partial charge in [0.25, 0.3) is 0 Å². The second-order valence-corrected chi connectivity index (χ2v) is 9.76. The van der Waals surface area contributed by atoms with Crippen molar-refractivity contribution in [2.75, 3.05) is 18.1 Å². The molecule has 2 aromatic carbocycles. The number of pyridine rings is 1. The van der Waals surface area contributed by atoms with Gasteiger partial charge in [0.2, 0.25) is 10.0 Å². The molecule has 0 radical (unpaired) electrons. The number of nitrogens with zero attached hydrogens (tertiary/aromatic N) is 2. The van der Waals surface area contributed by atoms with Crippen molar-refractivity contribution < 1.29 is 27.4 Å². The zero-order valence-electron chi connectivity index (χ0n) is 17.7. The molecule has 2 aliphatic heterocycles. The average molecular weight is 472 g/mol. The van der Waals surface area contributed by atoms with Gasteiger partial charge in [-0.25, -0.2) is 22.5 Å². The lowest BCUT2D eigenvalue weighted by Crippen LogP contribution is -2.60. The van der Waals surface area contributed by atoms with Crippen LogP contribution in [0.1, 0.15) is 5.56 Å². The molecule has 0 aliphatic carbocycles. The Balaban J connectivity index is 1.48. The molecule has 1 aromatic heterocycles. The van der Waals surface area contributed by atoms with Crippen LogP contribution in [0.5, 0.6) is 11.5 Å². The van der Waals surface area contributed by atoms with Crippen LogP contribution in [-0.4, -0.2) is 49.9 Å². The number of rotatable bonds is 4. The van der Waals surface area contributed by atoms with Crippen molar-refractivity contribution in [3.8, 4) is 11.5 Å². The Morgan fingerprint density at radius 2 is 1.91 bits per heavy atom. The highest BCUT2D eigenvalue weighted by Gasteiger charge is 2.42. The fraction of sp³-hybridized carbons (Fsp3) is 0.261. The molecule has 172 valence electrons. The summed E-state index contributed by atoms with van der Waals surface area (Å²) >= 11 is 0. The number of fused-ring (bicyclic) bond motifs is 2. The second kappa shape index (κ2) is 8.38. The Hall–Kier alpha value is -3.05. The number of nitrogens with one attached hydrogen (secondary N) is 1. The number of hydrogen-bond donors (Lipinski definition) is 2. The number of hydrogen-bond acceptors (Lipinski definition) is 7. The summed E-state index contributed by atoms with van der Waals surface area (Å²) in [6.07, 6.45) is 0.385. The molecule has 0 saturated carbocycles. The molecule has 3 atom stereocenters. The largest absolute Gasteiger partial charge is 0.451 e. The van der Waals surface area contributed by atoms with E-state index in [0.29, 0.717) is 23.0 Å². The van der Waals surface area contributed by atoms with Crippen LogP contribution in [0.4, 0.5) is 15.9 Å². The summed E-state index contributed by atoms with van der Waals surface area (Å²) in [5.74, 6) is 0.729. The van der Waals surface area contributed by atoms with E-state index in [4.69, 9.17) is 9.47 Å². The Morgan fingerprint density at radius 1 is 1.12 bits per heavy atom. The average Bonchev–Trinajstić information content (AvgIpc) is 2.79. The van der Waals surface area contributed by atoms with Gasteiger partial charge in [-0.15, -0.1) is 0 Å². The van der Waals surface area contributed by atoms with Gasteiger partial charge in [-0.2, -0.15) is 0 Å². The third-order valence-electron chi connectivity index (χ3n) is 5.74. The smallest absolute Gasteiger partial charge is 0.240 e. The summed E-state index contributed by atoms with van der Waals surface area (Å²) in [7, 11) is -3.90. The minimum atomic E-state index is -3.90. The van der Waals surface area contributed by atoms with Gasteiger partial charge in [0.05, 0.1) is 42.0 Å². The van der Waals surface area contributed by atoms with Gasteiger partial charge >= 0.3 is 0 Å². The van der Waals surface area contributed by atoms with Gasteiger partial charge in [-0.3, -0.25) is 0 Å². The molecule has 2 N–H and O–H groups in total. The predicted molar refractivity (Wildman–Crippen MR) is 119 cm³/mol. The van der Waals surface area contributed by atoms with Gasteiger partial charge in [0, 0.05) is 12.3 Å². The van der Waals surface area contributed by atoms with Gasteiger partial charge in [0.15, 0.2) is 17.3 Å². The van der Waals surface area contributed by atoms with Crippen molar-refractivity contribution >= 4 is 21.5 Å². The number of aromatic nitrogens is 1. The highest BCUT2D eigenvalue weighted by atomic mass is 32.2. The molecule has 3 heterocycles. The number of halogens is 1. The van der Waals surface area contributed by atoms with Crippen LogP contribution in [-0.2, 0) is 14.8 Å². The van der Waals surface area contributed by atoms with Crippen molar-refractivity contribution in [3.05, 3.63) is 72.2 Å². The topological polar surface area (TPSA) is 101 Å². The number of aliphatic hydroxyl groups is 1. The van der Waals surface area contributed by atoms with Crippen LogP contribution in [0, 0.1) is 12.7 Å². The van der Waals surface area contributed by atoms with E-state index >= 15 is 0 Å². The van der Waals surface area contributed by atoms with Gasteiger partial charge < -0.3 is 19.5 Å². The molecule has 3 aromatic rings. The Kier molecular flexibility index (Phi) is 5.53. The molecule has 0 bridgehead atoms. The standard InChI is InChI=1S/C23H22FN3O5S/c1-14-4-7-16(8-5-14)33(29,30)26-17-12-31-13-19(22(17)28)27-18-11-15(24)6-9-20(18)32-21-3-2-10-25-23(21)27/h2-11,17,19,22,26,28H,12-13H2,1H3/t17-,19+,22+/m1/s1. The molecule has 2 aliphatic rings. The first kappa shape index (κ1) is 21.8. The molecule has 1 saturated heterocycles. The summed E-state index contributed by atoms with van der Waals surface area (Å²) in [6, 6.07) is 12.2. The van der Waals surface area contributed by atoms with Crippen molar-refractivity contribution in [3.63, 3.8) is 0 Å². The predicted octanol–water partition coefficient (Wildman–Crippen LogP) is 2.88. The molecule has 1 fully saturated rings. The van der Waals surface area contributed by atoms with Crippen molar-refractivity contribution in [1.82, 2.24) is 9.71 Å². The molecule has 33 heavy (non-hydrogen) atoms. The lowest BCUT2D eigenvalue weighted by atomic mass is 9.99. The summed E-state index contributed by atoms with van der Waals surface area (Å²) in [6.45, 7) is 1.93. The minimum Gasteiger partial charge on any atom is -0.451 e. The van der Waals surface area contributed by atoms with E-state index in [2.05, 4.69) is 9.71 Å². The van der Waals surface area contributed by atoms with Crippen LogP contribution in [0.15, 0.2) is 65.7 Å². The summed E-state index contributed by atoms with van der Waals surface area (Å²) in [4.78, 5) is 6.11. The number of benzene rings is 2. The monoisotopic (exact) mass is 471 g/mol. The maximum absolute atomic E-state index is 14.1. The summed E-state index contributed by atoms with van der Waals surface area (Å²) in [5.41, 5.74) is 1.30. The molecule has 0 unspecified atom stereocenters. The lowest BCUT2D eigenvalue weighted by Gasteiger charge is -2.43. The molecule has 8 nitrogen and oxygen atoms in total. The Labute approximate surface area is 190 Å². The zero-order valence-corrected chi connectivity index (χ0v) is 18.5. The van der Waals surface area contributed by atoms with Crippen molar-refractivity contribution in [2.45, 2.75) is 30.0 Å². The van der Waals surface area contributed by atoms with Gasteiger partial charge in [-0.1, -0.05) is 17.7 Å². The third kappa shape index (κ3) is 4.06. The van der Waals surface area contributed by atoms with Crippen molar-refractivity contribution in [1.29, 1.82) is 0 Å². The highest BCUT2D eigenvalue weighted by Crippen LogP contribution is 2.47. The van der Waals surface area contributed by atoms with Gasteiger partial charge in [0.1, 0.15) is 5.82 Å². The van der Waals surface area contributed by atoms with Crippen LogP contribution >= 0.6 is 0 Å². The summed E-state index contributed by atoms with van der Waals surface area (Å²) < 4.78 is 54.1. The SMILES string of the molecule is Cc1ccc(S(=O)(=O)N[C@@H]2COC[C@H](N3c4cc(F)ccc4Oc4cccnc43)[C@H]2O)cc1. The number of aliphatic hydroxyl groups excluding tert-OH is 1. The first-order valence-electron chi connectivity index (χ1n) is 10.4. The first-order chi connectivity index (χ1) is 15.8. The number of anilines is 2. The molecular weight excluding hydrogens is 449 g/mol. The van der Waals surface area contributed by atoms with E-state index in [9.17, 15) is 17.9 Å². The first-order valence-corrected chi connectivity index (χ1v) is 11.9. The fourth-order valence-corrected chi connectivity index (χ4v) is 5.31. The van der Waals surface area contributed by atoms with E-state index in [1.807, 2.05) is 6.92 Å². The molecule has 0 amide bonds. The number of ether oxygens (including phenoxy) is 2. The number of aryl methyl sites for hydroxylation is 1. The third-order valence-corrected chi connectivity index (χ3v) is 7.25. The van der Waals surface area contributed by atoms with E-state index in [1.54, 1.807) is 35.4 Å². The minimum absolute atomic E-state index is 0.0157. The lowest BCUT2D eigenvalue weighted by molar-refractivity contribution is -0.0246. The van der Waals surface area contributed by atoms with E-state index in [0.717, 1.165) is 5.56 Å². The zero-order chi connectivity index (χ0) is 23.2. The summed E-state index contributed by atoms with van der Waals surface area (Å²) in [5, 5.41) is 11.2. The maximum Gasteiger partial charge on any atom is 0.240 e. The molecule has 10 heteroatoms. The molecular formula is C23H22FN3O5S. The normalized spacial score (nSPS) is 22.3. The van der Waals surface area contributed by atoms with E-state index < -0.39 is 34.0 Å². The van der Waals surface area contributed by atoms with E-state index in [-0.39, 0.29) is 18.1 Å². The highest BCUT2D eigenvalue weighted by molar-refractivity contribution is 7.89. The van der Waals surface area contributed by atoms with Gasteiger partial charge in [-0.05, 0) is 43.3 Å². The Morgan fingerprint density at radius 3 is 2.70 bits per heavy atom.